The summed E-state index contributed by atoms with van der Waals surface area (Å²) >= 11 is 0. The molecule has 0 radical (unpaired) electrons. The van der Waals surface area contributed by atoms with Gasteiger partial charge in [0.25, 0.3) is 0 Å². The van der Waals surface area contributed by atoms with Crippen molar-refractivity contribution in [3.05, 3.63) is 42.2 Å². The zero-order chi connectivity index (χ0) is 11.0. The molecular weight excluding hydrogens is 196 g/mol. The van der Waals surface area contributed by atoms with Crippen LogP contribution in [0, 0.1) is 5.92 Å². The van der Waals surface area contributed by atoms with Crippen LogP contribution in [0.3, 0.4) is 0 Å². The van der Waals surface area contributed by atoms with Gasteiger partial charge in [-0.05, 0) is 35.8 Å². The molecule has 0 amide bonds. The van der Waals surface area contributed by atoms with Crippen molar-refractivity contribution >= 4 is 10.8 Å². The second kappa shape index (κ2) is 3.87. The van der Waals surface area contributed by atoms with E-state index in [0.29, 0.717) is 5.92 Å². The number of nitrogens with two attached hydrogens (primary N) is 1. The largest absolute Gasteiger partial charge is 0.324 e. The lowest BCUT2D eigenvalue weighted by molar-refractivity contribution is 0.265. The van der Waals surface area contributed by atoms with E-state index in [1.807, 2.05) is 18.5 Å². The van der Waals surface area contributed by atoms with Gasteiger partial charge in [0.2, 0.25) is 0 Å². The number of aromatic nitrogens is 1. The van der Waals surface area contributed by atoms with E-state index in [4.69, 9.17) is 5.73 Å². The van der Waals surface area contributed by atoms with Gasteiger partial charge in [0, 0.05) is 23.8 Å². The number of fused-ring (bicyclic) bond motifs is 1. The topological polar surface area (TPSA) is 38.9 Å². The fourth-order valence-electron chi connectivity index (χ4n) is 2.48. The van der Waals surface area contributed by atoms with Gasteiger partial charge in [-0.3, -0.25) is 4.98 Å². The first-order valence-electron chi connectivity index (χ1n) is 5.94. The van der Waals surface area contributed by atoms with Crippen LogP contribution in [0.15, 0.2) is 36.7 Å². The van der Waals surface area contributed by atoms with Gasteiger partial charge in [-0.2, -0.15) is 0 Å². The van der Waals surface area contributed by atoms with Crippen LogP contribution in [0.2, 0.25) is 0 Å². The average Bonchev–Trinajstić information content (AvgIpc) is 2.26. The average molecular weight is 212 g/mol. The van der Waals surface area contributed by atoms with E-state index in [0.717, 1.165) is 0 Å². The van der Waals surface area contributed by atoms with Gasteiger partial charge in [-0.15, -0.1) is 0 Å². The number of rotatable bonds is 2. The molecule has 2 nitrogen and oxygen atoms in total. The minimum Gasteiger partial charge on any atom is -0.324 e. The fraction of sp³-hybridized carbons (Fsp3) is 0.357. The van der Waals surface area contributed by atoms with Crippen LogP contribution in [-0.2, 0) is 0 Å². The molecule has 1 heterocycles. The highest BCUT2D eigenvalue weighted by atomic mass is 14.7. The van der Waals surface area contributed by atoms with E-state index in [2.05, 4.69) is 23.2 Å². The van der Waals surface area contributed by atoms with E-state index in [1.165, 1.54) is 35.6 Å². The van der Waals surface area contributed by atoms with E-state index < -0.39 is 0 Å². The Hall–Kier alpha value is -1.41. The maximum Gasteiger partial charge on any atom is 0.0349 e. The Morgan fingerprint density at radius 3 is 2.88 bits per heavy atom. The lowest BCUT2D eigenvalue weighted by Crippen LogP contribution is -2.26. The summed E-state index contributed by atoms with van der Waals surface area (Å²) in [5.41, 5.74) is 7.60. The number of pyridine rings is 1. The predicted octanol–water partition coefficient (Wildman–Crippen LogP) is 3.03. The van der Waals surface area contributed by atoms with Crippen molar-refractivity contribution in [1.82, 2.24) is 4.98 Å². The van der Waals surface area contributed by atoms with Gasteiger partial charge in [-0.25, -0.2) is 0 Å². The van der Waals surface area contributed by atoms with Gasteiger partial charge in [0.05, 0.1) is 0 Å². The van der Waals surface area contributed by atoms with Crippen molar-refractivity contribution in [3.8, 4) is 0 Å². The molecule has 0 aliphatic heterocycles. The zero-order valence-electron chi connectivity index (χ0n) is 9.26. The van der Waals surface area contributed by atoms with Crippen LogP contribution in [0.5, 0.6) is 0 Å². The lowest BCUT2D eigenvalue weighted by Gasteiger charge is -2.32. The highest BCUT2D eigenvalue weighted by molar-refractivity contribution is 5.85. The molecule has 1 aromatic carbocycles. The molecule has 1 atom stereocenters. The Balaban J connectivity index is 2.08. The Bertz CT molecular complexity index is 498. The van der Waals surface area contributed by atoms with Crippen molar-refractivity contribution in [2.24, 2.45) is 11.7 Å². The van der Waals surface area contributed by atoms with Crippen LogP contribution in [0.25, 0.3) is 10.8 Å². The Morgan fingerprint density at radius 1 is 1.25 bits per heavy atom. The molecule has 3 rings (SSSR count). The summed E-state index contributed by atoms with van der Waals surface area (Å²) in [6.45, 7) is 0. The molecule has 1 aromatic heterocycles. The van der Waals surface area contributed by atoms with Crippen molar-refractivity contribution in [2.75, 3.05) is 0 Å². The van der Waals surface area contributed by atoms with Crippen molar-refractivity contribution < 1.29 is 0 Å². The fourth-order valence-corrected chi connectivity index (χ4v) is 2.48. The third-order valence-corrected chi connectivity index (χ3v) is 3.73. The molecule has 1 saturated carbocycles. The number of hydrogen-bond donors (Lipinski definition) is 1. The summed E-state index contributed by atoms with van der Waals surface area (Å²) in [6, 6.07) is 8.59. The second-order valence-electron chi connectivity index (χ2n) is 4.66. The van der Waals surface area contributed by atoms with E-state index in [9.17, 15) is 0 Å². The molecule has 0 saturated heterocycles. The lowest BCUT2D eigenvalue weighted by atomic mass is 9.77. The van der Waals surface area contributed by atoms with Gasteiger partial charge < -0.3 is 5.73 Å². The molecule has 0 bridgehead atoms. The number of nitrogens with zero attached hydrogens (tertiary/aromatic N) is 1. The second-order valence-corrected chi connectivity index (χ2v) is 4.66. The number of hydrogen-bond acceptors (Lipinski definition) is 2. The summed E-state index contributed by atoms with van der Waals surface area (Å²) in [4.78, 5) is 4.20. The van der Waals surface area contributed by atoms with Crippen LogP contribution >= 0.6 is 0 Å². The van der Waals surface area contributed by atoms with Crippen LogP contribution in [-0.4, -0.2) is 4.98 Å². The van der Waals surface area contributed by atoms with Gasteiger partial charge in [0.1, 0.15) is 0 Å². The van der Waals surface area contributed by atoms with Gasteiger partial charge in [-0.1, -0.05) is 24.6 Å². The predicted molar refractivity (Wildman–Crippen MR) is 66.0 cm³/mol. The molecule has 1 aliphatic rings. The minimum atomic E-state index is 0.182. The molecule has 16 heavy (non-hydrogen) atoms. The normalized spacial score (nSPS) is 18.3. The van der Waals surface area contributed by atoms with Crippen LogP contribution in [0.4, 0.5) is 0 Å². The summed E-state index contributed by atoms with van der Waals surface area (Å²) in [7, 11) is 0. The summed E-state index contributed by atoms with van der Waals surface area (Å²) in [5, 5.41) is 2.45. The highest BCUT2D eigenvalue weighted by Gasteiger charge is 2.26. The van der Waals surface area contributed by atoms with Crippen molar-refractivity contribution in [1.29, 1.82) is 0 Å². The van der Waals surface area contributed by atoms with E-state index in [1.54, 1.807) is 0 Å². The SMILES string of the molecule is NC(c1cccc2ccncc12)C1CCC1. The highest BCUT2D eigenvalue weighted by Crippen LogP contribution is 2.38. The molecule has 0 spiro atoms. The first-order chi connectivity index (χ1) is 7.86. The smallest absolute Gasteiger partial charge is 0.0349 e. The third kappa shape index (κ3) is 1.50. The summed E-state index contributed by atoms with van der Waals surface area (Å²) in [6.07, 6.45) is 7.65. The first-order valence-corrected chi connectivity index (χ1v) is 5.94. The molecule has 2 heteroatoms. The maximum atomic E-state index is 6.34. The Morgan fingerprint density at radius 2 is 2.12 bits per heavy atom. The molecule has 82 valence electrons. The van der Waals surface area contributed by atoms with E-state index in [-0.39, 0.29) is 6.04 Å². The van der Waals surface area contributed by atoms with Gasteiger partial charge in [0.15, 0.2) is 0 Å². The van der Waals surface area contributed by atoms with Crippen LogP contribution in [0.1, 0.15) is 30.9 Å². The molecule has 1 aliphatic carbocycles. The van der Waals surface area contributed by atoms with Crippen molar-refractivity contribution in [3.63, 3.8) is 0 Å². The summed E-state index contributed by atoms with van der Waals surface area (Å²) in [5.74, 6) is 0.672. The standard InChI is InChI=1S/C14H16N2/c15-14(11-4-1-5-11)12-6-2-3-10-7-8-16-9-13(10)12/h2-3,6-9,11,14H,1,4-5,15H2. The number of benzene rings is 1. The quantitative estimate of drug-likeness (QED) is 0.831. The van der Waals surface area contributed by atoms with E-state index >= 15 is 0 Å². The van der Waals surface area contributed by atoms with Crippen molar-refractivity contribution in [2.45, 2.75) is 25.3 Å². The maximum absolute atomic E-state index is 6.34. The molecule has 1 fully saturated rings. The zero-order valence-corrected chi connectivity index (χ0v) is 9.26. The molecule has 1 unspecified atom stereocenters. The van der Waals surface area contributed by atoms with Crippen LogP contribution < -0.4 is 5.73 Å². The van der Waals surface area contributed by atoms with Gasteiger partial charge >= 0.3 is 0 Å². The Kier molecular flexibility index (Phi) is 2.37. The molecular formula is C14H16N2. The Labute approximate surface area is 95.5 Å². The minimum absolute atomic E-state index is 0.182. The first kappa shape index (κ1) is 9.79. The monoisotopic (exact) mass is 212 g/mol. The third-order valence-electron chi connectivity index (χ3n) is 3.73. The molecule has 2 N–H and O–H groups in total. The molecule has 2 aromatic rings. The summed E-state index contributed by atoms with van der Waals surface area (Å²) < 4.78 is 0.